The zero-order chi connectivity index (χ0) is 9.52. The first-order valence-corrected chi connectivity index (χ1v) is 4.74. The summed E-state index contributed by atoms with van der Waals surface area (Å²) in [6, 6.07) is 8.34. The van der Waals surface area contributed by atoms with Crippen molar-refractivity contribution in [2.24, 2.45) is 0 Å². The molecule has 0 heterocycles. The smallest absolute Gasteiger partial charge is 0.0636 e. The predicted octanol–water partition coefficient (Wildman–Crippen LogP) is 3.00. The van der Waals surface area contributed by atoms with Gasteiger partial charge in [-0.3, -0.25) is 10.3 Å². The molecular formula is C11H17NO. The van der Waals surface area contributed by atoms with E-state index in [-0.39, 0.29) is 0 Å². The Balaban J connectivity index is 2.48. The first kappa shape index (κ1) is 10.1. The number of aryl methyl sites for hydroxylation is 1. The van der Waals surface area contributed by atoms with Crippen molar-refractivity contribution in [2.75, 3.05) is 12.6 Å². The number of anilines is 1. The van der Waals surface area contributed by atoms with Crippen molar-refractivity contribution >= 4 is 5.69 Å². The zero-order valence-electron chi connectivity index (χ0n) is 8.34. The van der Waals surface area contributed by atoms with Gasteiger partial charge in [0.05, 0.1) is 12.8 Å². The number of unbranched alkanes of at least 4 members (excludes halogenated alkanes) is 1. The van der Waals surface area contributed by atoms with E-state index in [2.05, 4.69) is 24.5 Å². The molecule has 0 saturated carbocycles. The summed E-state index contributed by atoms with van der Waals surface area (Å²) in [7, 11) is 1.62. The maximum absolute atomic E-state index is 4.80. The molecule has 13 heavy (non-hydrogen) atoms. The Hall–Kier alpha value is -1.02. The maximum atomic E-state index is 4.80. The molecule has 0 saturated heterocycles. The topological polar surface area (TPSA) is 21.3 Å². The standard InChI is InChI=1S/C11H17NO/c1-3-4-5-10-6-8-11(9-7-10)12-13-2/h6-9,12H,3-5H2,1-2H3. The Bertz CT molecular complexity index is 230. The van der Waals surface area contributed by atoms with Crippen LogP contribution in [0.5, 0.6) is 0 Å². The van der Waals surface area contributed by atoms with E-state index in [1.165, 1.54) is 24.8 Å². The van der Waals surface area contributed by atoms with E-state index in [0.29, 0.717) is 0 Å². The van der Waals surface area contributed by atoms with Gasteiger partial charge in [0.15, 0.2) is 0 Å². The van der Waals surface area contributed by atoms with Crippen LogP contribution in [0.4, 0.5) is 5.69 Å². The van der Waals surface area contributed by atoms with E-state index >= 15 is 0 Å². The largest absolute Gasteiger partial charge is 0.279 e. The minimum atomic E-state index is 1.00. The Kier molecular flexibility index (Phi) is 4.33. The molecule has 0 fully saturated rings. The highest BCUT2D eigenvalue weighted by molar-refractivity contribution is 5.42. The summed E-state index contributed by atoms with van der Waals surface area (Å²) in [5.74, 6) is 0. The van der Waals surface area contributed by atoms with Gasteiger partial charge in [0.1, 0.15) is 0 Å². The van der Waals surface area contributed by atoms with E-state index in [1.54, 1.807) is 7.11 Å². The molecule has 0 aliphatic heterocycles. The van der Waals surface area contributed by atoms with Crippen molar-refractivity contribution in [3.63, 3.8) is 0 Å². The van der Waals surface area contributed by atoms with Crippen LogP contribution in [-0.4, -0.2) is 7.11 Å². The van der Waals surface area contributed by atoms with Crippen molar-refractivity contribution in [3.05, 3.63) is 29.8 Å². The summed E-state index contributed by atoms with van der Waals surface area (Å²) in [4.78, 5) is 4.80. The SMILES string of the molecule is CCCCc1ccc(NOC)cc1. The molecule has 1 aromatic rings. The second-order valence-electron chi connectivity index (χ2n) is 3.11. The van der Waals surface area contributed by atoms with Gasteiger partial charge in [-0.25, -0.2) is 0 Å². The van der Waals surface area contributed by atoms with Gasteiger partial charge in [0.25, 0.3) is 0 Å². The molecule has 0 spiro atoms. The van der Waals surface area contributed by atoms with Crippen molar-refractivity contribution in [1.82, 2.24) is 0 Å². The van der Waals surface area contributed by atoms with E-state index in [1.807, 2.05) is 12.1 Å². The minimum absolute atomic E-state index is 1.00. The van der Waals surface area contributed by atoms with Gasteiger partial charge in [-0.1, -0.05) is 25.5 Å². The molecule has 72 valence electrons. The van der Waals surface area contributed by atoms with E-state index in [0.717, 1.165) is 5.69 Å². The van der Waals surface area contributed by atoms with Crippen molar-refractivity contribution < 1.29 is 4.84 Å². The second kappa shape index (κ2) is 5.60. The van der Waals surface area contributed by atoms with Gasteiger partial charge in [-0.05, 0) is 30.5 Å². The highest BCUT2D eigenvalue weighted by Gasteiger charge is 1.93. The number of hydrogen-bond acceptors (Lipinski definition) is 2. The van der Waals surface area contributed by atoms with Crippen LogP contribution in [0, 0.1) is 0 Å². The van der Waals surface area contributed by atoms with Gasteiger partial charge in [-0.15, -0.1) is 0 Å². The fraction of sp³-hybridized carbons (Fsp3) is 0.455. The van der Waals surface area contributed by atoms with Crippen LogP contribution in [0.25, 0.3) is 0 Å². The molecule has 0 bridgehead atoms. The van der Waals surface area contributed by atoms with E-state index < -0.39 is 0 Å². The van der Waals surface area contributed by atoms with Gasteiger partial charge < -0.3 is 0 Å². The number of rotatable bonds is 5. The van der Waals surface area contributed by atoms with Gasteiger partial charge in [-0.2, -0.15) is 0 Å². The third-order valence-electron chi connectivity index (χ3n) is 1.99. The molecule has 0 atom stereocenters. The molecule has 0 radical (unpaired) electrons. The Morgan fingerprint density at radius 3 is 2.46 bits per heavy atom. The highest BCUT2D eigenvalue weighted by Crippen LogP contribution is 2.11. The lowest BCUT2D eigenvalue weighted by atomic mass is 10.1. The molecule has 0 aromatic heterocycles. The Morgan fingerprint density at radius 1 is 1.23 bits per heavy atom. The zero-order valence-corrected chi connectivity index (χ0v) is 8.34. The van der Waals surface area contributed by atoms with Crippen molar-refractivity contribution in [1.29, 1.82) is 0 Å². The Morgan fingerprint density at radius 2 is 1.92 bits per heavy atom. The quantitative estimate of drug-likeness (QED) is 0.701. The fourth-order valence-corrected chi connectivity index (χ4v) is 1.24. The number of benzene rings is 1. The summed E-state index contributed by atoms with van der Waals surface area (Å²) in [6.45, 7) is 2.21. The summed E-state index contributed by atoms with van der Waals surface area (Å²) in [5, 5.41) is 0. The molecule has 0 aliphatic carbocycles. The second-order valence-corrected chi connectivity index (χ2v) is 3.11. The number of hydrogen-bond donors (Lipinski definition) is 1. The average Bonchev–Trinajstić information content (AvgIpc) is 2.17. The fourth-order valence-electron chi connectivity index (χ4n) is 1.24. The van der Waals surface area contributed by atoms with Gasteiger partial charge in [0.2, 0.25) is 0 Å². The van der Waals surface area contributed by atoms with Crippen LogP contribution in [0.3, 0.4) is 0 Å². The maximum Gasteiger partial charge on any atom is 0.0636 e. The molecule has 1 aromatic carbocycles. The molecule has 1 N–H and O–H groups in total. The van der Waals surface area contributed by atoms with Gasteiger partial charge >= 0.3 is 0 Å². The molecule has 0 amide bonds. The molecule has 2 nitrogen and oxygen atoms in total. The van der Waals surface area contributed by atoms with E-state index in [9.17, 15) is 0 Å². The summed E-state index contributed by atoms with van der Waals surface area (Å²) in [5.41, 5.74) is 5.19. The molecule has 0 aliphatic rings. The molecule has 1 rings (SSSR count). The molecule has 2 heteroatoms. The third-order valence-corrected chi connectivity index (χ3v) is 1.99. The first-order valence-electron chi connectivity index (χ1n) is 4.74. The van der Waals surface area contributed by atoms with Crippen molar-refractivity contribution in [3.8, 4) is 0 Å². The van der Waals surface area contributed by atoms with Crippen molar-refractivity contribution in [2.45, 2.75) is 26.2 Å². The van der Waals surface area contributed by atoms with Gasteiger partial charge in [0, 0.05) is 0 Å². The van der Waals surface area contributed by atoms with Crippen LogP contribution in [-0.2, 0) is 11.3 Å². The summed E-state index contributed by atoms with van der Waals surface area (Å²) in [6.07, 6.45) is 3.68. The average molecular weight is 179 g/mol. The van der Waals surface area contributed by atoms with Crippen LogP contribution in [0.1, 0.15) is 25.3 Å². The van der Waals surface area contributed by atoms with Crippen LogP contribution < -0.4 is 5.48 Å². The molecular weight excluding hydrogens is 162 g/mol. The lowest BCUT2D eigenvalue weighted by molar-refractivity contribution is 0.271. The third kappa shape index (κ3) is 3.47. The monoisotopic (exact) mass is 179 g/mol. The lowest BCUT2D eigenvalue weighted by Gasteiger charge is -2.04. The number of nitrogens with one attached hydrogen (secondary N) is 1. The van der Waals surface area contributed by atoms with Crippen LogP contribution >= 0.6 is 0 Å². The first-order chi connectivity index (χ1) is 6.36. The summed E-state index contributed by atoms with van der Waals surface area (Å²) >= 11 is 0. The highest BCUT2D eigenvalue weighted by atomic mass is 16.6. The molecule has 0 unspecified atom stereocenters. The summed E-state index contributed by atoms with van der Waals surface area (Å²) < 4.78 is 0. The van der Waals surface area contributed by atoms with E-state index in [4.69, 9.17) is 4.84 Å². The normalized spacial score (nSPS) is 10.0. The Labute approximate surface area is 79.9 Å². The lowest BCUT2D eigenvalue weighted by Crippen LogP contribution is -1.95. The van der Waals surface area contributed by atoms with Crippen LogP contribution in [0.2, 0.25) is 0 Å². The van der Waals surface area contributed by atoms with Crippen LogP contribution in [0.15, 0.2) is 24.3 Å². The minimum Gasteiger partial charge on any atom is -0.279 e. The predicted molar refractivity (Wildman–Crippen MR) is 55.7 cm³/mol.